The lowest BCUT2D eigenvalue weighted by atomic mass is 10.1. The molecule has 1 aromatic rings. The number of carbonyl (C=O) groups is 1. The average molecular weight is 326 g/mol. The van der Waals surface area contributed by atoms with Crippen LogP contribution in [0.2, 0.25) is 5.02 Å². The molecule has 1 amide bonds. The van der Waals surface area contributed by atoms with Gasteiger partial charge in [0.25, 0.3) is 0 Å². The van der Waals surface area contributed by atoms with Crippen molar-refractivity contribution in [2.24, 2.45) is 0 Å². The Labute approximate surface area is 137 Å². The molecule has 21 heavy (non-hydrogen) atoms. The minimum Gasteiger partial charge on any atom is -0.332 e. The normalized spacial score (nSPS) is 16.6. The predicted molar refractivity (Wildman–Crippen MR) is 91.9 cm³/mol. The summed E-state index contributed by atoms with van der Waals surface area (Å²) in [5.41, 5.74) is 1.04. The molecule has 1 unspecified atom stereocenters. The number of benzene rings is 1. The van der Waals surface area contributed by atoms with Gasteiger partial charge in [-0.1, -0.05) is 50.6 Å². The molecule has 0 spiro atoms. The van der Waals surface area contributed by atoms with Crippen LogP contribution >= 0.6 is 23.4 Å². The summed E-state index contributed by atoms with van der Waals surface area (Å²) in [5.74, 6) is 0.763. The monoisotopic (exact) mass is 325 g/mol. The minimum atomic E-state index is 0.0410. The molecule has 116 valence electrons. The number of hydrogen-bond donors (Lipinski definition) is 0. The molecule has 2 rings (SSSR count). The highest BCUT2D eigenvalue weighted by Gasteiger charge is 2.36. The topological polar surface area (TPSA) is 20.3 Å². The van der Waals surface area contributed by atoms with Gasteiger partial charge in [0.2, 0.25) is 5.91 Å². The van der Waals surface area contributed by atoms with Gasteiger partial charge >= 0.3 is 0 Å². The van der Waals surface area contributed by atoms with Crippen molar-refractivity contribution in [3.63, 3.8) is 0 Å². The molecule has 1 aliphatic carbocycles. The second kappa shape index (κ2) is 6.62. The second-order valence-corrected chi connectivity index (χ2v) is 8.84. The van der Waals surface area contributed by atoms with Crippen LogP contribution in [0.15, 0.2) is 24.3 Å². The molecule has 4 heteroatoms. The lowest BCUT2D eigenvalue weighted by Crippen LogP contribution is -2.37. The van der Waals surface area contributed by atoms with Crippen LogP contribution in [-0.4, -0.2) is 27.3 Å². The van der Waals surface area contributed by atoms with Gasteiger partial charge in [-0.2, -0.15) is 0 Å². The van der Waals surface area contributed by atoms with Crippen LogP contribution in [0.1, 0.15) is 52.1 Å². The molecule has 0 N–H and O–H groups in total. The fourth-order valence-electron chi connectivity index (χ4n) is 2.41. The number of amides is 1. The van der Waals surface area contributed by atoms with E-state index in [0.29, 0.717) is 11.8 Å². The van der Waals surface area contributed by atoms with Gasteiger partial charge in [-0.25, -0.2) is 0 Å². The highest BCUT2D eigenvalue weighted by Crippen LogP contribution is 2.37. The van der Waals surface area contributed by atoms with Crippen LogP contribution in [0.5, 0.6) is 0 Å². The molecule has 0 radical (unpaired) electrons. The summed E-state index contributed by atoms with van der Waals surface area (Å²) in [6, 6.07) is 8.26. The van der Waals surface area contributed by atoms with E-state index in [1.54, 1.807) is 11.8 Å². The number of thioether (sulfide) groups is 1. The molecule has 1 saturated carbocycles. The fraction of sp³-hybridized carbons (Fsp3) is 0.588. The molecule has 1 aromatic carbocycles. The van der Waals surface area contributed by atoms with Gasteiger partial charge in [-0.15, -0.1) is 11.8 Å². The number of carbonyl (C=O) groups excluding carboxylic acids is 1. The van der Waals surface area contributed by atoms with Gasteiger partial charge in [-0.05, 0) is 31.4 Å². The van der Waals surface area contributed by atoms with Crippen LogP contribution < -0.4 is 0 Å². The SMILES string of the molecule is CC(c1ccccc1Cl)N(C(=O)CSC(C)(C)C)C1CC1. The molecule has 0 saturated heterocycles. The van der Waals surface area contributed by atoms with E-state index in [4.69, 9.17) is 11.6 Å². The van der Waals surface area contributed by atoms with E-state index in [9.17, 15) is 4.79 Å². The van der Waals surface area contributed by atoms with Crippen molar-refractivity contribution in [3.8, 4) is 0 Å². The molecule has 0 aliphatic heterocycles. The first-order chi connectivity index (χ1) is 9.79. The summed E-state index contributed by atoms with van der Waals surface area (Å²) in [7, 11) is 0. The Bertz CT molecular complexity index is 508. The highest BCUT2D eigenvalue weighted by molar-refractivity contribution is 8.01. The quantitative estimate of drug-likeness (QED) is 0.765. The van der Waals surface area contributed by atoms with Gasteiger partial charge in [-0.3, -0.25) is 4.79 Å². The van der Waals surface area contributed by atoms with Gasteiger partial charge < -0.3 is 4.90 Å². The summed E-state index contributed by atoms with van der Waals surface area (Å²) >= 11 is 8.01. The maximum Gasteiger partial charge on any atom is 0.233 e. The van der Waals surface area contributed by atoms with Crippen molar-refractivity contribution in [1.82, 2.24) is 4.90 Å². The Morgan fingerprint density at radius 3 is 2.52 bits per heavy atom. The van der Waals surface area contributed by atoms with E-state index in [2.05, 4.69) is 27.7 Å². The summed E-state index contributed by atoms with van der Waals surface area (Å²) < 4.78 is 0.110. The van der Waals surface area contributed by atoms with Crippen molar-refractivity contribution in [2.75, 3.05) is 5.75 Å². The maximum atomic E-state index is 12.7. The number of hydrogen-bond acceptors (Lipinski definition) is 2. The van der Waals surface area contributed by atoms with Crippen LogP contribution in [-0.2, 0) is 4.79 Å². The first kappa shape index (κ1) is 16.7. The van der Waals surface area contributed by atoms with Crippen LogP contribution in [0.25, 0.3) is 0 Å². The molecule has 1 fully saturated rings. The summed E-state index contributed by atoms with van der Waals surface area (Å²) in [6.45, 7) is 8.51. The van der Waals surface area contributed by atoms with Gasteiger partial charge in [0.05, 0.1) is 11.8 Å². The summed E-state index contributed by atoms with van der Waals surface area (Å²) in [5, 5.41) is 0.743. The van der Waals surface area contributed by atoms with E-state index in [-0.39, 0.29) is 16.7 Å². The van der Waals surface area contributed by atoms with Crippen molar-refractivity contribution >= 4 is 29.3 Å². The summed E-state index contributed by atoms with van der Waals surface area (Å²) in [4.78, 5) is 14.7. The van der Waals surface area contributed by atoms with Crippen LogP contribution in [0.3, 0.4) is 0 Å². The Kier molecular flexibility index (Phi) is 5.26. The van der Waals surface area contributed by atoms with Gasteiger partial charge in [0.1, 0.15) is 0 Å². The first-order valence-electron chi connectivity index (χ1n) is 7.49. The Morgan fingerprint density at radius 1 is 1.38 bits per heavy atom. The predicted octanol–water partition coefficient (Wildman–Crippen LogP) is 4.92. The van der Waals surface area contributed by atoms with Gasteiger partial charge in [0.15, 0.2) is 0 Å². The minimum absolute atomic E-state index is 0.0410. The smallest absolute Gasteiger partial charge is 0.233 e. The summed E-state index contributed by atoms with van der Waals surface area (Å²) in [6.07, 6.45) is 2.22. The zero-order valence-electron chi connectivity index (χ0n) is 13.2. The Morgan fingerprint density at radius 2 is 2.00 bits per heavy atom. The third kappa shape index (κ3) is 4.65. The first-order valence-corrected chi connectivity index (χ1v) is 8.85. The van der Waals surface area contributed by atoms with E-state index in [1.165, 1.54) is 0 Å². The van der Waals surface area contributed by atoms with Crippen molar-refractivity contribution in [3.05, 3.63) is 34.9 Å². The van der Waals surface area contributed by atoms with Crippen molar-refractivity contribution < 1.29 is 4.79 Å². The lowest BCUT2D eigenvalue weighted by Gasteiger charge is -2.31. The zero-order chi connectivity index (χ0) is 15.6. The number of rotatable bonds is 5. The van der Waals surface area contributed by atoms with Crippen LogP contribution in [0.4, 0.5) is 0 Å². The molecule has 0 aromatic heterocycles. The third-order valence-electron chi connectivity index (χ3n) is 3.63. The van der Waals surface area contributed by atoms with E-state index in [0.717, 1.165) is 23.4 Å². The molecule has 0 bridgehead atoms. The molecule has 1 aliphatic rings. The fourth-order valence-corrected chi connectivity index (χ4v) is 3.40. The Balaban J connectivity index is 2.12. The zero-order valence-corrected chi connectivity index (χ0v) is 14.8. The standard InChI is InChI=1S/C17H24ClNOS/c1-12(14-7-5-6-8-15(14)18)19(13-9-10-13)16(20)11-21-17(2,3)4/h5-8,12-13H,9-11H2,1-4H3. The average Bonchev–Trinajstić information content (AvgIpc) is 3.21. The van der Waals surface area contributed by atoms with E-state index >= 15 is 0 Å². The van der Waals surface area contributed by atoms with Crippen molar-refractivity contribution in [1.29, 1.82) is 0 Å². The largest absolute Gasteiger partial charge is 0.332 e. The van der Waals surface area contributed by atoms with Gasteiger partial charge in [0, 0.05) is 15.8 Å². The van der Waals surface area contributed by atoms with Crippen molar-refractivity contribution in [2.45, 2.75) is 57.4 Å². The van der Waals surface area contributed by atoms with E-state index in [1.807, 2.05) is 29.2 Å². The number of nitrogens with zero attached hydrogens (tertiary/aromatic N) is 1. The molecular weight excluding hydrogens is 302 g/mol. The number of halogens is 1. The Hall–Kier alpha value is -0.670. The molecule has 1 atom stereocenters. The molecule has 2 nitrogen and oxygen atoms in total. The second-order valence-electron chi connectivity index (χ2n) is 6.63. The van der Waals surface area contributed by atoms with Crippen LogP contribution in [0, 0.1) is 0 Å². The molecule has 0 heterocycles. The van der Waals surface area contributed by atoms with E-state index < -0.39 is 0 Å². The highest BCUT2D eigenvalue weighted by atomic mass is 35.5. The third-order valence-corrected chi connectivity index (χ3v) is 5.23. The lowest BCUT2D eigenvalue weighted by molar-refractivity contribution is -0.131. The maximum absolute atomic E-state index is 12.7. The molecular formula is C17H24ClNOS.